The van der Waals surface area contributed by atoms with Crippen LogP contribution in [-0.4, -0.2) is 18.4 Å². The topological polar surface area (TPSA) is 43.4 Å². The molecular weight excluding hydrogens is 204 g/mol. The first-order valence-corrected chi connectivity index (χ1v) is 5.51. The molecule has 0 bridgehead atoms. The highest BCUT2D eigenvalue weighted by atomic mass is 16.5. The van der Waals surface area contributed by atoms with Gasteiger partial charge in [-0.3, -0.25) is 9.59 Å². The highest BCUT2D eigenvalue weighted by Gasteiger charge is 2.36. The number of benzene rings is 1. The van der Waals surface area contributed by atoms with Crippen LogP contribution in [-0.2, 0) is 20.7 Å². The van der Waals surface area contributed by atoms with Gasteiger partial charge in [-0.05, 0) is 17.5 Å². The molecule has 0 fully saturated rings. The second kappa shape index (κ2) is 4.47. The Labute approximate surface area is 94.4 Å². The van der Waals surface area contributed by atoms with Crippen LogP contribution in [0.2, 0.25) is 0 Å². The fourth-order valence-electron chi connectivity index (χ4n) is 1.98. The molecule has 16 heavy (non-hydrogen) atoms. The van der Waals surface area contributed by atoms with Gasteiger partial charge in [-0.25, -0.2) is 0 Å². The van der Waals surface area contributed by atoms with Crippen molar-refractivity contribution in [3.05, 3.63) is 35.4 Å². The van der Waals surface area contributed by atoms with Gasteiger partial charge in [0.05, 0.1) is 6.61 Å². The molecule has 2 rings (SSSR count). The molecule has 3 heteroatoms. The number of hydrogen-bond donors (Lipinski definition) is 0. The van der Waals surface area contributed by atoms with E-state index in [1.165, 1.54) is 0 Å². The molecule has 84 valence electrons. The van der Waals surface area contributed by atoms with Crippen molar-refractivity contribution in [1.29, 1.82) is 0 Å². The zero-order valence-electron chi connectivity index (χ0n) is 9.23. The zero-order chi connectivity index (χ0) is 11.5. The molecule has 0 aromatic heterocycles. The third kappa shape index (κ3) is 1.85. The lowest BCUT2D eigenvalue weighted by Crippen LogP contribution is -2.20. The molecular formula is C13H14O3. The smallest absolute Gasteiger partial charge is 0.321 e. The molecule has 1 atom stereocenters. The van der Waals surface area contributed by atoms with Gasteiger partial charge in [-0.1, -0.05) is 31.2 Å². The zero-order valence-corrected chi connectivity index (χ0v) is 9.23. The van der Waals surface area contributed by atoms with Crippen LogP contribution in [0, 0.1) is 0 Å². The summed E-state index contributed by atoms with van der Waals surface area (Å²) in [7, 11) is 0. The first-order chi connectivity index (χ1) is 7.74. The van der Waals surface area contributed by atoms with Crippen LogP contribution in [0.1, 0.15) is 30.4 Å². The Morgan fingerprint density at radius 2 is 2.19 bits per heavy atom. The van der Waals surface area contributed by atoms with Crippen molar-refractivity contribution in [1.82, 2.24) is 0 Å². The SMILES string of the molecule is CCCOC(=O)C1C(=O)Cc2ccccc21. The summed E-state index contributed by atoms with van der Waals surface area (Å²) >= 11 is 0. The molecule has 0 saturated carbocycles. The average Bonchev–Trinajstić information content (AvgIpc) is 2.62. The van der Waals surface area contributed by atoms with E-state index in [1.54, 1.807) is 0 Å². The summed E-state index contributed by atoms with van der Waals surface area (Å²) in [5.41, 5.74) is 1.76. The Kier molecular flexibility index (Phi) is 3.04. The number of fused-ring (bicyclic) bond motifs is 1. The monoisotopic (exact) mass is 218 g/mol. The second-order valence-electron chi connectivity index (χ2n) is 3.94. The summed E-state index contributed by atoms with van der Waals surface area (Å²) in [4.78, 5) is 23.5. The maximum atomic E-state index is 11.7. The van der Waals surface area contributed by atoms with Gasteiger partial charge in [0.15, 0.2) is 5.78 Å². The first kappa shape index (κ1) is 10.9. The normalized spacial score (nSPS) is 18.3. The molecule has 1 aliphatic rings. The Bertz CT molecular complexity index is 423. The Hall–Kier alpha value is -1.64. The molecule has 0 radical (unpaired) electrons. The van der Waals surface area contributed by atoms with Crippen LogP contribution in [0.25, 0.3) is 0 Å². The van der Waals surface area contributed by atoms with Crippen molar-refractivity contribution >= 4 is 11.8 Å². The molecule has 0 spiro atoms. The van der Waals surface area contributed by atoms with Gasteiger partial charge in [-0.2, -0.15) is 0 Å². The van der Waals surface area contributed by atoms with Crippen molar-refractivity contribution in [3.63, 3.8) is 0 Å². The van der Waals surface area contributed by atoms with Crippen LogP contribution in [0.5, 0.6) is 0 Å². The number of carbonyl (C=O) groups is 2. The third-order valence-electron chi connectivity index (χ3n) is 2.74. The van der Waals surface area contributed by atoms with Gasteiger partial charge >= 0.3 is 5.97 Å². The predicted octanol–water partition coefficient (Wildman–Crippen LogP) is 1.85. The number of esters is 1. The number of rotatable bonds is 3. The van der Waals surface area contributed by atoms with Gasteiger partial charge in [0, 0.05) is 6.42 Å². The van der Waals surface area contributed by atoms with Crippen molar-refractivity contribution in [2.75, 3.05) is 6.61 Å². The first-order valence-electron chi connectivity index (χ1n) is 5.51. The van der Waals surface area contributed by atoms with E-state index in [0.29, 0.717) is 13.0 Å². The fourth-order valence-corrected chi connectivity index (χ4v) is 1.98. The van der Waals surface area contributed by atoms with Crippen LogP contribution in [0.4, 0.5) is 0 Å². The molecule has 1 aromatic carbocycles. The van der Waals surface area contributed by atoms with Crippen molar-refractivity contribution in [3.8, 4) is 0 Å². The van der Waals surface area contributed by atoms with Crippen LogP contribution >= 0.6 is 0 Å². The van der Waals surface area contributed by atoms with Crippen LogP contribution in [0.15, 0.2) is 24.3 Å². The molecule has 0 aliphatic heterocycles. The quantitative estimate of drug-likeness (QED) is 0.574. The van der Waals surface area contributed by atoms with Crippen molar-refractivity contribution in [2.45, 2.75) is 25.7 Å². The molecule has 0 heterocycles. The largest absolute Gasteiger partial charge is 0.465 e. The summed E-state index contributed by atoms with van der Waals surface area (Å²) in [5.74, 6) is -1.15. The minimum Gasteiger partial charge on any atom is -0.465 e. The van der Waals surface area contributed by atoms with E-state index in [0.717, 1.165) is 17.5 Å². The maximum absolute atomic E-state index is 11.7. The van der Waals surface area contributed by atoms with E-state index in [2.05, 4.69) is 0 Å². The second-order valence-corrected chi connectivity index (χ2v) is 3.94. The van der Waals surface area contributed by atoms with Crippen LogP contribution in [0.3, 0.4) is 0 Å². The lowest BCUT2D eigenvalue weighted by molar-refractivity contribution is -0.147. The standard InChI is InChI=1S/C13H14O3/c1-2-7-16-13(15)12-10-6-4-3-5-9(10)8-11(12)14/h3-6,12H,2,7-8H2,1H3. The van der Waals surface area contributed by atoms with E-state index >= 15 is 0 Å². The molecule has 1 aromatic rings. The number of carbonyl (C=O) groups excluding carboxylic acids is 2. The maximum Gasteiger partial charge on any atom is 0.321 e. The van der Waals surface area contributed by atoms with E-state index in [-0.39, 0.29) is 5.78 Å². The van der Waals surface area contributed by atoms with E-state index < -0.39 is 11.9 Å². The highest BCUT2D eigenvalue weighted by Crippen LogP contribution is 2.31. The van der Waals surface area contributed by atoms with Gasteiger partial charge in [0.1, 0.15) is 5.92 Å². The van der Waals surface area contributed by atoms with Gasteiger partial charge in [0.25, 0.3) is 0 Å². The summed E-state index contributed by atoms with van der Waals surface area (Å²) < 4.78 is 5.04. The lowest BCUT2D eigenvalue weighted by Gasteiger charge is -2.09. The summed E-state index contributed by atoms with van der Waals surface area (Å²) in [5, 5.41) is 0. The number of hydrogen-bond acceptors (Lipinski definition) is 3. The lowest BCUT2D eigenvalue weighted by atomic mass is 10.0. The summed E-state index contributed by atoms with van der Waals surface area (Å²) in [6.07, 6.45) is 1.12. The Morgan fingerprint density at radius 1 is 1.44 bits per heavy atom. The van der Waals surface area contributed by atoms with Gasteiger partial charge < -0.3 is 4.74 Å². The Morgan fingerprint density at radius 3 is 2.94 bits per heavy atom. The Balaban J connectivity index is 2.22. The molecule has 0 saturated heterocycles. The highest BCUT2D eigenvalue weighted by molar-refractivity contribution is 6.08. The average molecular weight is 218 g/mol. The number of Topliss-reactive ketones (excluding diaryl/α,β-unsaturated/α-hetero) is 1. The summed E-state index contributed by atoms with van der Waals surface area (Å²) in [6.45, 7) is 2.31. The molecule has 1 aliphatic carbocycles. The number of ether oxygens (including phenoxy) is 1. The van der Waals surface area contributed by atoms with E-state index in [9.17, 15) is 9.59 Å². The number of ketones is 1. The van der Waals surface area contributed by atoms with E-state index in [4.69, 9.17) is 4.74 Å². The van der Waals surface area contributed by atoms with Gasteiger partial charge in [-0.15, -0.1) is 0 Å². The molecule has 0 N–H and O–H groups in total. The molecule has 0 amide bonds. The molecule has 3 nitrogen and oxygen atoms in total. The van der Waals surface area contributed by atoms with Crippen molar-refractivity contribution < 1.29 is 14.3 Å². The minimum absolute atomic E-state index is 0.0534. The van der Waals surface area contributed by atoms with Crippen LogP contribution < -0.4 is 0 Å². The molecule has 1 unspecified atom stereocenters. The van der Waals surface area contributed by atoms with Gasteiger partial charge in [0.2, 0.25) is 0 Å². The van der Waals surface area contributed by atoms with Crippen molar-refractivity contribution in [2.24, 2.45) is 0 Å². The third-order valence-corrected chi connectivity index (χ3v) is 2.74. The van der Waals surface area contributed by atoms with E-state index in [1.807, 2.05) is 31.2 Å². The predicted molar refractivity (Wildman–Crippen MR) is 59.1 cm³/mol. The summed E-state index contributed by atoms with van der Waals surface area (Å²) in [6, 6.07) is 7.45. The fraction of sp³-hybridized carbons (Fsp3) is 0.385. The minimum atomic E-state index is -0.692.